The molecule has 3 atom stereocenters. The number of rotatable bonds is 7. The van der Waals surface area contributed by atoms with Crippen molar-refractivity contribution in [3.05, 3.63) is 83.9 Å². The lowest BCUT2D eigenvalue weighted by Gasteiger charge is -2.19. The summed E-state index contributed by atoms with van der Waals surface area (Å²) in [6.45, 7) is 2.78. The minimum Gasteiger partial charge on any atom is -1.00 e. The molecular weight excluding hydrogens is 346 g/mol. The summed E-state index contributed by atoms with van der Waals surface area (Å²) in [5.41, 5.74) is 1.88. The van der Waals surface area contributed by atoms with Crippen molar-refractivity contribution in [2.75, 3.05) is 6.54 Å². The smallest absolute Gasteiger partial charge is 0.130 e. The molecule has 3 unspecified atom stereocenters. The molecule has 0 heterocycles. The molecule has 4 heteroatoms. The van der Waals surface area contributed by atoms with Gasteiger partial charge < -0.3 is 27.9 Å². The number of hydrogen-bond donors (Lipinski definition) is 3. The zero-order valence-corrected chi connectivity index (χ0v) is 15.7. The van der Waals surface area contributed by atoms with Crippen LogP contribution in [0.15, 0.2) is 72.8 Å². The number of aliphatic hydroxyl groups is 2. The number of halogens is 1. The van der Waals surface area contributed by atoms with Gasteiger partial charge in [-0.25, -0.2) is 0 Å². The molecule has 0 saturated carbocycles. The monoisotopic (exact) mass is 371 g/mol. The first kappa shape index (κ1) is 20.4. The molecule has 138 valence electrons. The van der Waals surface area contributed by atoms with E-state index >= 15 is 0 Å². The van der Waals surface area contributed by atoms with Crippen LogP contribution in [0.1, 0.15) is 36.7 Å². The first-order chi connectivity index (χ1) is 12.1. The Kier molecular flexibility index (Phi) is 7.61. The summed E-state index contributed by atoms with van der Waals surface area (Å²) in [4.78, 5) is 0. The molecule has 3 rings (SSSR count). The normalized spacial score (nSPS) is 14.4. The van der Waals surface area contributed by atoms with Gasteiger partial charge in [0, 0.05) is 6.42 Å². The maximum atomic E-state index is 10.5. The van der Waals surface area contributed by atoms with E-state index in [4.69, 9.17) is 0 Å². The van der Waals surface area contributed by atoms with Crippen molar-refractivity contribution in [1.29, 1.82) is 0 Å². The standard InChI is InChI=1S/C22H25NO2.ClH/c1-16(22(25)18-8-3-2-4-9-18)23-14-13-21(24)20-12-11-17-7-5-6-10-19(17)15-20;/h2-12,15-16,21-25H,13-14H2,1H3;1H. The fraction of sp³-hybridized carbons (Fsp3) is 0.273. The number of nitrogens with two attached hydrogens (primary N) is 1. The molecule has 3 aromatic carbocycles. The van der Waals surface area contributed by atoms with Crippen molar-refractivity contribution in [1.82, 2.24) is 0 Å². The minimum absolute atomic E-state index is 0. The topological polar surface area (TPSA) is 57.1 Å². The highest BCUT2D eigenvalue weighted by Gasteiger charge is 2.19. The van der Waals surface area contributed by atoms with Crippen LogP contribution < -0.4 is 17.7 Å². The first-order valence-corrected chi connectivity index (χ1v) is 8.88. The summed E-state index contributed by atoms with van der Waals surface area (Å²) in [7, 11) is 0. The quantitative estimate of drug-likeness (QED) is 0.545. The highest BCUT2D eigenvalue weighted by atomic mass is 35.5. The third kappa shape index (κ3) is 5.05. The summed E-state index contributed by atoms with van der Waals surface area (Å²) >= 11 is 0. The maximum Gasteiger partial charge on any atom is 0.130 e. The van der Waals surface area contributed by atoms with Crippen LogP contribution in [0.2, 0.25) is 0 Å². The third-order valence-electron chi connectivity index (χ3n) is 4.78. The molecule has 0 aromatic heterocycles. The molecular formula is C22H26ClNO2. The minimum atomic E-state index is -0.501. The fourth-order valence-electron chi connectivity index (χ4n) is 3.18. The number of benzene rings is 3. The molecule has 26 heavy (non-hydrogen) atoms. The molecule has 0 aliphatic rings. The van der Waals surface area contributed by atoms with Crippen LogP contribution in [0.3, 0.4) is 0 Å². The number of aliphatic hydroxyl groups excluding tert-OH is 2. The van der Waals surface area contributed by atoms with Crippen molar-refractivity contribution < 1.29 is 27.9 Å². The van der Waals surface area contributed by atoms with Gasteiger partial charge in [0.15, 0.2) is 0 Å². The Hall–Kier alpha value is -1.91. The Labute approximate surface area is 161 Å². The first-order valence-electron chi connectivity index (χ1n) is 8.88. The van der Waals surface area contributed by atoms with E-state index in [0.29, 0.717) is 6.42 Å². The van der Waals surface area contributed by atoms with E-state index in [-0.39, 0.29) is 18.4 Å². The van der Waals surface area contributed by atoms with E-state index < -0.39 is 12.2 Å². The van der Waals surface area contributed by atoms with Gasteiger partial charge >= 0.3 is 0 Å². The second-order valence-electron chi connectivity index (χ2n) is 6.65. The number of quaternary nitrogens is 1. The summed E-state index contributed by atoms with van der Waals surface area (Å²) in [6, 6.07) is 24.0. The van der Waals surface area contributed by atoms with Crippen LogP contribution in [0.25, 0.3) is 10.8 Å². The van der Waals surface area contributed by atoms with Crippen molar-refractivity contribution in [2.24, 2.45) is 0 Å². The summed E-state index contributed by atoms with van der Waals surface area (Å²) < 4.78 is 0. The maximum absolute atomic E-state index is 10.5. The van der Waals surface area contributed by atoms with Gasteiger partial charge in [-0.15, -0.1) is 0 Å². The van der Waals surface area contributed by atoms with E-state index in [9.17, 15) is 10.2 Å². The predicted molar refractivity (Wildman–Crippen MR) is 101 cm³/mol. The molecule has 4 N–H and O–H groups in total. The number of hydrogen-bond acceptors (Lipinski definition) is 2. The summed E-state index contributed by atoms with van der Waals surface area (Å²) in [6.07, 6.45) is -0.328. The van der Waals surface area contributed by atoms with Crippen molar-refractivity contribution >= 4 is 10.8 Å². The van der Waals surface area contributed by atoms with Crippen LogP contribution in [0, 0.1) is 0 Å². The van der Waals surface area contributed by atoms with Gasteiger partial charge in [0.1, 0.15) is 12.1 Å². The molecule has 0 aliphatic heterocycles. The van der Waals surface area contributed by atoms with Crippen molar-refractivity contribution in [2.45, 2.75) is 31.6 Å². The Morgan fingerprint density at radius 3 is 2.19 bits per heavy atom. The average Bonchev–Trinajstić information content (AvgIpc) is 2.67. The molecule has 0 saturated heterocycles. The molecule has 0 radical (unpaired) electrons. The molecule has 0 amide bonds. The largest absolute Gasteiger partial charge is 1.00 e. The van der Waals surface area contributed by atoms with Gasteiger partial charge in [-0.05, 0) is 34.9 Å². The van der Waals surface area contributed by atoms with Crippen LogP contribution in [0.4, 0.5) is 0 Å². The molecule has 0 aliphatic carbocycles. The Balaban J connectivity index is 0.00000243. The average molecular weight is 372 g/mol. The predicted octanol–water partition coefficient (Wildman–Crippen LogP) is -0.0472. The van der Waals surface area contributed by atoms with Gasteiger partial charge in [-0.2, -0.15) is 0 Å². The fourth-order valence-corrected chi connectivity index (χ4v) is 3.18. The van der Waals surface area contributed by atoms with Gasteiger partial charge in [0.05, 0.1) is 12.6 Å². The molecule has 0 spiro atoms. The van der Waals surface area contributed by atoms with E-state index in [0.717, 1.165) is 23.1 Å². The Bertz CT molecular complexity index is 809. The highest BCUT2D eigenvalue weighted by molar-refractivity contribution is 5.83. The molecule has 3 nitrogen and oxygen atoms in total. The van der Waals surface area contributed by atoms with Crippen LogP contribution in [-0.2, 0) is 0 Å². The van der Waals surface area contributed by atoms with Crippen LogP contribution >= 0.6 is 0 Å². The van der Waals surface area contributed by atoms with Gasteiger partial charge in [0.2, 0.25) is 0 Å². The molecule has 0 bridgehead atoms. The Morgan fingerprint density at radius 2 is 1.46 bits per heavy atom. The van der Waals surface area contributed by atoms with Gasteiger partial charge in [0.25, 0.3) is 0 Å². The van der Waals surface area contributed by atoms with Crippen molar-refractivity contribution in [3.8, 4) is 0 Å². The SMILES string of the molecule is CC([NH2+]CCC(O)c1ccc2ccccc2c1)C(O)c1ccccc1.[Cl-]. The van der Waals surface area contributed by atoms with Crippen LogP contribution in [-0.4, -0.2) is 22.8 Å². The lowest BCUT2D eigenvalue weighted by Crippen LogP contribution is -3.00. The van der Waals surface area contributed by atoms with E-state index in [2.05, 4.69) is 29.6 Å². The van der Waals surface area contributed by atoms with Gasteiger partial charge in [-0.3, -0.25) is 0 Å². The van der Waals surface area contributed by atoms with Gasteiger partial charge in [-0.1, -0.05) is 66.7 Å². The lowest BCUT2D eigenvalue weighted by atomic mass is 10.0. The van der Waals surface area contributed by atoms with Crippen LogP contribution in [0.5, 0.6) is 0 Å². The molecule has 0 fully saturated rings. The highest BCUT2D eigenvalue weighted by Crippen LogP contribution is 2.22. The lowest BCUT2D eigenvalue weighted by molar-refractivity contribution is -0.695. The Morgan fingerprint density at radius 1 is 0.808 bits per heavy atom. The summed E-state index contributed by atoms with van der Waals surface area (Å²) in [5, 5.41) is 25.3. The van der Waals surface area contributed by atoms with E-state index in [1.165, 1.54) is 5.39 Å². The van der Waals surface area contributed by atoms with E-state index in [1.54, 1.807) is 0 Å². The zero-order valence-electron chi connectivity index (χ0n) is 14.9. The third-order valence-corrected chi connectivity index (χ3v) is 4.78. The van der Waals surface area contributed by atoms with Crippen molar-refractivity contribution in [3.63, 3.8) is 0 Å². The zero-order chi connectivity index (χ0) is 17.6. The summed E-state index contributed by atoms with van der Waals surface area (Å²) in [5.74, 6) is 0. The van der Waals surface area contributed by atoms with E-state index in [1.807, 2.05) is 55.5 Å². The second-order valence-corrected chi connectivity index (χ2v) is 6.65. The second kappa shape index (κ2) is 9.70. The molecule has 3 aromatic rings. The number of fused-ring (bicyclic) bond motifs is 1.